The molecule has 0 fully saturated rings. The van der Waals surface area contributed by atoms with Crippen LogP contribution in [0.15, 0.2) is 52.8 Å². The summed E-state index contributed by atoms with van der Waals surface area (Å²) in [4.78, 5) is 18.6. The predicted molar refractivity (Wildman–Crippen MR) is 103 cm³/mol. The lowest BCUT2D eigenvalue weighted by Gasteiger charge is -2.07. The van der Waals surface area contributed by atoms with E-state index < -0.39 is 0 Å². The van der Waals surface area contributed by atoms with Crippen LogP contribution in [0.3, 0.4) is 0 Å². The summed E-state index contributed by atoms with van der Waals surface area (Å²) in [6, 6.07) is 11.5. The third kappa shape index (κ3) is 2.83. The molecule has 0 saturated heterocycles. The third-order valence-electron chi connectivity index (χ3n) is 4.07. The molecule has 0 amide bonds. The molecule has 128 valence electrons. The number of aryl methyl sites for hydroxylation is 2. The van der Waals surface area contributed by atoms with Crippen LogP contribution in [0.4, 0.5) is 0 Å². The summed E-state index contributed by atoms with van der Waals surface area (Å²) in [5.74, 6) is 6.07. The van der Waals surface area contributed by atoms with Crippen LogP contribution in [-0.4, -0.2) is 19.2 Å². The van der Waals surface area contributed by atoms with E-state index in [9.17, 15) is 4.79 Å². The van der Waals surface area contributed by atoms with Crippen molar-refractivity contribution in [1.82, 2.24) is 19.2 Å². The smallest absolute Gasteiger partial charge is 0.267 e. The maximum atomic E-state index is 13.2. The summed E-state index contributed by atoms with van der Waals surface area (Å²) in [7, 11) is 1.85. The fraction of sp³-hybridized carbons (Fsp3) is 0.150. The Balaban J connectivity index is 1.93. The minimum Gasteiger partial charge on any atom is -0.275 e. The number of rotatable bonds is 2. The van der Waals surface area contributed by atoms with Crippen LogP contribution in [0, 0.1) is 11.8 Å². The van der Waals surface area contributed by atoms with Gasteiger partial charge in [-0.15, -0.1) is 11.3 Å². The molecule has 0 aliphatic heterocycles. The lowest BCUT2D eigenvalue weighted by atomic mass is 10.0. The number of nitrogens with zero attached hydrogens (tertiary/aromatic N) is 4. The largest absolute Gasteiger partial charge is 0.275 e. The maximum absolute atomic E-state index is 13.2. The van der Waals surface area contributed by atoms with Crippen LogP contribution in [0.5, 0.6) is 0 Å². The molecule has 26 heavy (non-hydrogen) atoms. The monoisotopic (exact) mass is 360 g/mol. The third-order valence-corrected chi connectivity index (χ3v) is 4.90. The van der Waals surface area contributed by atoms with Crippen molar-refractivity contribution >= 4 is 16.3 Å². The minimum absolute atomic E-state index is 0.0791. The van der Waals surface area contributed by atoms with E-state index in [1.165, 1.54) is 11.3 Å². The second-order valence-corrected chi connectivity index (χ2v) is 6.66. The fourth-order valence-corrected chi connectivity index (χ4v) is 3.67. The van der Waals surface area contributed by atoms with Crippen LogP contribution >= 0.6 is 11.3 Å². The predicted octanol–water partition coefficient (Wildman–Crippen LogP) is 3.12. The highest BCUT2D eigenvalue weighted by Gasteiger charge is 2.16. The molecular weight excluding hydrogens is 344 g/mol. The summed E-state index contributed by atoms with van der Waals surface area (Å²) in [6.45, 7) is 2.01. The molecule has 4 aromatic rings. The molecule has 0 atom stereocenters. The summed E-state index contributed by atoms with van der Waals surface area (Å²) < 4.78 is 3.30. The van der Waals surface area contributed by atoms with E-state index in [0.717, 1.165) is 11.3 Å². The normalized spacial score (nSPS) is 10.7. The molecule has 0 aliphatic carbocycles. The van der Waals surface area contributed by atoms with Crippen molar-refractivity contribution in [3.63, 3.8) is 0 Å². The van der Waals surface area contributed by atoms with Crippen molar-refractivity contribution in [2.45, 2.75) is 13.3 Å². The van der Waals surface area contributed by atoms with Crippen molar-refractivity contribution in [2.75, 3.05) is 0 Å². The number of thiazole rings is 1. The highest BCUT2D eigenvalue weighted by atomic mass is 32.1. The number of fused-ring (bicyclic) bond motifs is 1. The Morgan fingerprint density at radius 2 is 1.96 bits per heavy atom. The van der Waals surface area contributed by atoms with Crippen molar-refractivity contribution in [3.8, 4) is 23.0 Å². The van der Waals surface area contributed by atoms with Crippen LogP contribution < -0.4 is 5.56 Å². The average molecular weight is 360 g/mol. The Morgan fingerprint density at radius 3 is 2.65 bits per heavy atom. The molecule has 3 aromatic heterocycles. The van der Waals surface area contributed by atoms with Crippen LogP contribution in [0.1, 0.15) is 24.0 Å². The first-order valence-electron chi connectivity index (χ1n) is 8.27. The lowest BCUT2D eigenvalue weighted by molar-refractivity contribution is 0.764. The van der Waals surface area contributed by atoms with Gasteiger partial charge in [-0.3, -0.25) is 9.48 Å². The van der Waals surface area contributed by atoms with E-state index in [-0.39, 0.29) is 5.56 Å². The topological polar surface area (TPSA) is 52.2 Å². The van der Waals surface area contributed by atoms with Gasteiger partial charge in [-0.2, -0.15) is 5.10 Å². The van der Waals surface area contributed by atoms with Crippen molar-refractivity contribution in [1.29, 1.82) is 0 Å². The molecule has 5 nitrogen and oxygen atoms in total. The van der Waals surface area contributed by atoms with Gasteiger partial charge in [0.15, 0.2) is 4.96 Å². The molecule has 3 heterocycles. The molecule has 4 rings (SSSR count). The van der Waals surface area contributed by atoms with Gasteiger partial charge in [-0.25, -0.2) is 9.38 Å². The zero-order valence-corrected chi connectivity index (χ0v) is 15.2. The highest BCUT2D eigenvalue weighted by Crippen LogP contribution is 2.22. The summed E-state index contributed by atoms with van der Waals surface area (Å²) in [5, 5.41) is 6.12. The SMILES string of the molecule is CCc1nc2scc(C#Cc3ccn(C)n3)n2c(=O)c1-c1ccccc1. The first kappa shape index (κ1) is 16.3. The second-order valence-electron chi connectivity index (χ2n) is 5.82. The van der Waals surface area contributed by atoms with Crippen LogP contribution in [-0.2, 0) is 13.5 Å². The Labute approximate surface area is 154 Å². The standard InChI is InChI=1S/C20H16N4OS/c1-3-17-18(14-7-5-4-6-8-14)19(25)24-16(13-26-20(24)21-17)10-9-15-11-12-23(2)22-15/h4-8,11-13H,3H2,1-2H3. The van der Waals surface area contributed by atoms with E-state index >= 15 is 0 Å². The number of hydrogen-bond acceptors (Lipinski definition) is 4. The van der Waals surface area contributed by atoms with Gasteiger partial charge in [-0.05, 0) is 29.9 Å². The summed E-state index contributed by atoms with van der Waals surface area (Å²) >= 11 is 1.43. The Bertz CT molecular complexity index is 1210. The van der Waals surface area contributed by atoms with Gasteiger partial charge in [0, 0.05) is 18.6 Å². The molecule has 1 aromatic carbocycles. The van der Waals surface area contributed by atoms with Crippen LogP contribution in [0.2, 0.25) is 0 Å². The van der Waals surface area contributed by atoms with Gasteiger partial charge >= 0.3 is 0 Å². The zero-order chi connectivity index (χ0) is 18.1. The average Bonchev–Trinajstić information content (AvgIpc) is 3.26. The first-order valence-corrected chi connectivity index (χ1v) is 9.15. The summed E-state index contributed by atoms with van der Waals surface area (Å²) in [5.41, 5.74) is 3.56. The van der Waals surface area contributed by atoms with Gasteiger partial charge < -0.3 is 0 Å². The fourth-order valence-electron chi connectivity index (χ4n) is 2.84. The van der Waals surface area contributed by atoms with Gasteiger partial charge in [0.05, 0.1) is 11.3 Å². The zero-order valence-electron chi connectivity index (χ0n) is 14.4. The van der Waals surface area contributed by atoms with Gasteiger partial charge in [0.2, 0.25) is 0 Å². The maximum Gasteiger partial charge on any atom is 0.267 e. The van der Waals surface area contributed by atoms with E-state index in [1.807, 2.05) is 61.9 Å². The van der Waals surface area contributed by atoms with Gasteiger partial charge in [0.1, 0.15) is 11.4 Å². The Kier molecular flexibility index (Phi) is 4.15. The number of hydrogen-bond donors (Lipinski definition) is 0. The van der Waals surface area contributed by atoms with Gasteiger partial charge in [-0.1, -0.05) is 37.3 Å². The highest BCUT2D eigenvalue weighted by molar-refractivity contribution is 7.15. The Morgan fingerprint density at radius 1 is 1.15 bits per heavy atom. The molecule has 0 unspecified atom stereocenters. The lowest BCUT2D eigenvalue weighted by Crippen LogP contribution is -2.19. The second kappa shape index (κ2) is 6.62. The van der Waals surface area contributed by atoms with Crippen molar-refractivity contribution < 1.29 is 0 Å². The number of benzene rings is 1. The quantitative estimate of drug-likeness (QED) is 0.516. The molecule has 0 aliphatic rings. The molecule has 6 heteroatoms. The van der Waals surface area contributed by atoms with Crippen molar-refractivity contribution in [3.05, 3.63) is 75.4 Å². The molecule has 0 saturated carbocycles. The molecule has 0 radical (unpaired) electrons. The first-order chi connectivity index (χ1) is 12.7. The van der Waals surface area contributed by atoms with E-state index in [1.54, 1.807) is 9.08 Å². The van der Waals surface area contributed by atoms with Crippen LogP contribution in [0.25, 0.3) is 16.1 Å². The molecular formula is C20H16N4OS. The van der Waals surface area contributed by atoms with Gasteiger partial charge in [0.25, 0.3) is 5.56 Å². The summed E-state index contributed by atoms with van der Waals surface area (Å²) in [6.07, 6.45) is 2.54. The van der Waals surface area contributed by atoms with Crippen molar-refractivity contribution in [2.24, 2.45) is 7.05 Å². The Hall–Kier alpha value is -3.17. The van der Waals surface area contributed by atoms with E-state index in [0.29, 0.717) is 28.3 Å². The molecule has 0 bridgehead atoms. The number of aromatic nitrogens is 4. The molecule has 0 N–H and O–H groups in total. The van der Waals surface area contributed by atoms with E-state index in [4.69, 9.17) is 4.98 Å². The van der Waals surface area contributed by atoms with E-state index in [2.05, 4.69) is 16.9 Å². The molecule has 0 spiro atoms. The minimum atomic E-state index is -0.0791.